The van der Waals surface area contributed by atoms with E-state index in [2.05, 4.69) is 20.8 Å². The minimum absolute atomic E-state index is 0.111. The normalized spacial score (nSPS) is 10.6. The summed E-state index contributed by atoms with van der Waals surface area (Å²) in [5, 5.41) is 15.0. The number of rotatable bonds is 8. The molecule has 8 nitrogen and oxygen atoms in total. The summed E-state index contributed by atoms with van der Waals surface area (Å²) < 4.78 is 12.0. The van der Waals surface area contributed by atoms with E-state index < -0.39 is 0 Å². The van der Waals surface area contributed by atoms with Crippen LogP contribution in [0.2, 0.25) is 0 Å². The van der Waals surface area contributed by atoms with Crippen LogP contribution in [-0.2, 0) is 17.9 Å². The van der Waals surface area contributed by atoms with Crippen molar-refractivity contribution in [1.82, 2.24) is 25.5 Å². The molecular weight excluding hydrogens is 342 g/mol. The SMILES string of the molecule is COc1ccc(Cn2nnnc2SCC(=O)NCc2ccco2)cc1. The third kappa shape index (κ3) is 4.83. The van der Waals surface area contributed by atoms with Crippen molar-refractivity contribution in [2.45, 2.75) is 18.2 Å². The van der Waals surface area contributed by atoms with Gasteiger partial charge in [0.05, 0.1) is 32.2 Å². The van der Waals surface area contributed by atoms with E-state index in [4.69, 9.17) is 9.15 Å². The van der Waals surface area contributed by atoms with Crippen LogP contribution in [0.5, 0.6) is 5.75 Å². The van der Waals surface area contributed by atoms with Crippen LogP contribution in [0.1, 0.15) is 11.3 Å². The first-order chi connectivity index (χ1) is 12.2. The van der Waals surface area contributed by atoms with Crippen LogP contribution in [0, 0.1) is 0 Å². The van der Waals surface area contributed by atoms with E-state index in [1.807, 2.05) is 30.3 Å². The molecule has 25 heavy (non-hydrogen) atoms. The van der Waals surface area contributed by atoms with Crippen molar-refractivity contribution in [3.63, 3.8) is 0 Å². The molecule has 130 valence electrons. The Morgan fingerprint density at radius 3 is 2.88 bits per heavy atom. The molecule has 1 N–H and O–H groups in total. The highest BCUT2D eigenvalue weighted by atomic mass is 32.2. The topological polar surface area (TPSA) is 95.1 Å². The van der Waals surface area contributed by atoms with Gasteiger partial charge in [-0.05, 0) is 40.3 Å². The number of hydrogen-bond donors (Lipinski definition) is 1. The van der Waals surface area contributed by atoms with Gasteiger partial charge in [0.25, 0.3) is 0 Å². The summed E-state index contributed by atoms with van der Waals surface area (Å²) in [5.41, 5.74) is 1.04. The predicted octanol–water partition coefficient (Wildman–Crippen LogP) is 1.73. The number of carbonyl (C=O) groups excluding carboxylic acids is 1. The molecule has 0 unspecified atom stereocenters. The molecule has 0 spiro atoms. The first-order valence-electron chi connectivity index (χ1n) is 7.55. The van der Waals surface area contributed by atoms with Crippen LogP contribution in [0.3, 0.4) is 0 Å². The average Bonchev–Trinajstić information content (AvgIpc) is 3.31. The zero-order valence-corrected chi connectivity index (χ0v) is 14.4. The standard InChI is InChI=1S/C16H17N5O3S/c1-23-13-6-4-12(5-7-13)10-21-16(18-19-20-21)25-11-15(22)17-9-14-3-2-8-24-14/h2-8H,9-11H2,1H3,(H,17,22). The zero-order valence-electron chi connectivity index (χ0n) is 13.6. The number of benzene rings is 1. The Hall–Kier alpha value is -2.81. The van der Waals surface area contributed by atoms with Gasteiger partial charge in [-0.3, -0.25) is 4.79 Å². The van der Waals surface area contributed by atoms with Crippen LogP contribution < -0.4 is 10.1 Å². The number of methoxy groups -OCH3 is 1. The van der Waals surface area contributed by atoms with E-state index in [-0.39, 0.29) is 11.7 Å². The largest absolute Gasteiger partial charge is 0.497 e. The number of carbonyl (C=O) groups is 1. The molecule has 3 rings (SSSR count). The molecule has 0 aliphatic heterocycles. The second kappa shape index (κ2) is 8.34. The lowest BCUT2D eigenvalue weighted by atomic mass is 10.2. The molecule has 3 aromatic rings. The number of hydrogen-bond acceptors (Lipinski definition) is 7. The molecule has 1 aromatic carbocycles. The molecule has 0 radical (unpaired) electrons. The van der Waals surface area contributed by atoms with Gasteiger partial charge < -0.3 is 14.5 Å². The summed E-state index contributed by atoms with van der Waals surface area (Å²) in [6.45, 7) is 0.885. The Kier molecular flexibility index (Phi) is 5.68. The molecular formula is C16H17N5O3S. The smallest absolute Gasteiger partial charge is 0.230 e. The van der Waals surface area contributed by atoms with Crippen LogP contribution in [0.25, 0.3) is 0 Å². The fourth-order valence-electron chi connectivity index (χ4n) is 2.08. The number of furan rings is 1. The van der Waals surface area contributed by atoms with Crippen molar-refractivity contribution in [3.05, 3.63) is 54.0 Å². The molecule has 0 aliphatic rings. The maximum Gasteiger partial charge on any atom is 0.230 e. The summed E-state index contributed by atoms with van der Waals surface area (Å²) in [6.07, 6.45) is 1.57. The summed E-state index contributed by atoms with van der Waals surface area (Å²) in [5.74, 6) is 1.62. The number of amides is 1. The molecule has 0 fully saturated rings. The molecule has 0 atom stereocenters. The summed E-state index contributed by atoms with van der Waals surface area (Å²) in [7, 11) is 1.63. The number of nitrogens with zero attached hydrogens (tertiary/aromatic N) is 4. The minimum Gasteiger partial charge on any atom is -0.497 e. The fourth-order valence-corrected chi connectivity index (χ4v) is 2.79. The Morgan fingerprint density at radius 2 is 2.16 bits per heavy atom. The fraction of sp³-hybridized carbons (Fsp3) is 0.250. The lowest BCUT2D eigenvalue weighted by Gasteiger charge is -2.06. The van der Waals surface area contributed by atoms with E-state index in [9.17, 15) is 4.79 Å². The number of thioether (sulfide) groups is 1. The number of nitrogens with one attached hydrogen (secondary N) is 1. The van der Waals surface area contributed by atoms with Gasteiger partial charge in [-0.2, -0.15) is 0 Å². The average molecular weight is 359 g/mol. The maximum absolute atomic E-state index is 11.9. The molecule has 0 saturated carbocycles. The Labute approximate surface area is 148 Å². The predicted molar refractivity (Wildman–Crippen MR) is 91.2 cm³/mol. The van der Waals surface area contributed by atoms with E-state index in [1.165, 1.54) is 11.8 Å². The van der Waals surface area contributed by atoms with Crippen molar-refractivity contribution >= 4 is 17.7 Å². The molecule has 2 heterocycles. The lowest BCUT2D eigenvalue weighted by Crippen LogP contribution is -2.24. The molecule has 1 amide bonds. The molecule has 0 bridgehead atoms. The zero-order chi connectivity index (χ0) is 17.5. The molecule has 2 aromatic heterocycles. The van der Waals surface area contributed by atoms with Gasteiger partial charge in [-0.25, -0.2) is 4.68 Å². The third-order valence-corrected chi connectivity index (χ3v) is 4.32. The van der Waals surface area contributed by atoms with E-state index in [0.717, 1.165) is 11.3 Å². The summed E-state index contributed by atoms with van der Waals surface area (Å²) in [4.78, 5) is 11.9. The van der Waals surface area contributed by atoms with Gasteiger partial charge in [-0.1, -0.05) is 23.9 Å². The second-order valence-electron chi connectivity index (χ2n) is 5.11. The van der Waals surface area contributed by atoms with Crippen molar-refractivity contribution in [2.24, 2.45) is 0 Å². The number of aromatic nitrogens is 4. The maximum atomic E-state index is 11.9. The minimum atomic E-state index is -0.111. The van der Waals surface area contributed by atoms with Gasteiger partial charge in [-0.15, -0.1) is 5.10 Å². The third-order valence-electron chi connectivity index (χ3n) is 3.36. The van der Waals surface area contributed by atoms with E-state index in [0.29, 0.717) is 24.0 Å². The number of tetrazole rings is 1. The van der Waals surface area contributed by atoms with Crippen molar-refractivity contribution in [3.8, 4) is 5.75 Å². The Morgan fingerprint density at radius 1 is 1.32 bits per heavy atom. The van der Waals surface area contributed by atoms with Gasteiger partial charge in [0, 0.05) is 0 Å². The van der Waals surface area contributed by atoms with E-state index >= 15 is 0 Å². The Balaban J connectivity index is 1.51. The van der Waals surface area contributed by atoms with Crippen molar-refractivity contribution in [2.75, 3.05) is 12.9 Å². The van der Waals surface area contributed by atoms with Crippen LogP contribution in [-0.4, -0.2) is 39.0 Å². The molecule has 0 aliphatic carbocycles. The van der Waals surface area contributed by atoms with Crippen LogP contribution in [0.4, 0.5) is 0 Å². The van der Waals surface area contributed by atoms with Gasteiger partial charge >= 0.3 is 0 Å². The van der Waals surface area contributed by atoms with Crippen molar-refractivity contribution < 1.29 is 13.9 Å². The van der Waals surface area contributed by atoms with Crippen molar-refractivity contribution in [1.29, 1.82) is 0 Å². The first kappa shape index (κ1) is 17.0. The second-order valence-corrected chi connectivity index (χ2v) is 6.05. The van der Waals surface area contributed by atoms with Gasteiger partial charge in [0.2, 0.25) is 11.1 Å². The summed E-state index contributed by atoms with van der Waals surface area (Å²) >= 11 is 1.29. The quantitative estimate of drug-likeness (QED) is 0.612. The highest BCUT2D eigenvalue weighted by molar-refractivity contribution is 7.99. The molecule has 0 saturated heterocycles. The first-order valence-corrected chi connectivity index (χ1v) is 8.54. The lowest BCUT2D eigenvalue weighted by molar-refractivity contribution is -0.118. The monoisotopic (exact) mass is 359 g/mol. The van der Waals surface area contributed by atoms with Crippen LogP contribution in [0.15, 0.2) is 52.2 Å². The van der Waals surface area contributed by atoms with Gasteiger partial charge in [0.1, 0.15) is 11.5 Å². The van der Waals surface area contributed by atoms with Crippen LogP contribution >= 0.6 is 11.8 Å². The summed E-state index contributed by atoms with van der Waals surface area (Å²) in [6, 6.07) is 11.3. The Bertz CT molecular complexity index is 802. The number of ether oxygens (including phenoxy) is 1. The highest BCUT2D eigenvalue weighted by Gasteiger charge is 2.11. The van der Waals surface area contributed by atoms with E-state index in [1.54, 1.807) is 24.1 Å². The highest BCUT2D eigenvalue weighted by Crippen LogP contribution is 2.16. The van der Waals surface area contributed by atoms with Gasteiger partial charge in [0.15, 0.2) is 0 Å². The molecule has 9 heteroatoms.